The molecule has 0 aromatic rings. The SMILES string of the molecule is C[C]1[C](C)[C](C)[C](C)[C]1C.C[C]1[C](C)[C](C)[C](C)[C]1C.[CH3-].[CH3][Al]([CH3])[CH3].[Sm+3]. The number of rotatable bonds is 0. The van der Waals surface area contributed by atoms with Crippen molar-refractivity contribution >= 4 is 14.1 Å². The summed E-state index contributed by atoms with van der Waals surface area (Å²) in [5.74, 6) is 21.6. The zero-order chi connectivity index (χ0) is 19.4. The summed E-state index contributed by atoms with van der Waals surface area (Å²) in [6.45, 7) is 22.0. The molecule has 0 N–H and O–H groups in total. The maximum atomic E-state index is 2.31. The third kappa shape index (κ3) is 9.13. The smallest absolute Gasteiger partial charge is 0.358 e. The molecule has 11 radical (unpaired) electrons. The molecule has 0 amide bonds. The van der Waals surface area contributed by atoms with Crippen molar-refractivity contribution in [3.63, 3.8) is 0 Å². The summed E-state index contributed by atoms with van der Waals surface area (Å²) in [7, 11) is 0. The fourth-order valence-electron chi connectivity index (χ4n) is 2.81. The Morgan fingerprint density at radius 2 is 0.385 bits per heavy atom. The van der Waals surface area contributed by atoms with E-state index in [1.54, 1.807) is 0 Å². The van der Waals surface area contributed by atoms with Crippen molar-refractivity contribution in [2.75, 3.05) is 0 Å². The van der Waals surface area contributed by atoms with Crippen LogP contribution in [0.25, 0.3) is 0 Å². The molecule has 0 aliphatic heterocycles. The first-order valence-corrected chi connectivity index (χ1v) is 12.7. The molecule has 0 unspecified atom stereocenters. The Bertz CT molecular complexity index is 221. The van der Waals surface area contributed by atoms with Crippen molar-refractivity contribution in [2.45, 2.75) is 86.6 Å². The van der Waals surface area contributed by atoms with Gasteiger partial charge in [-0.1, -0.05) is 69.2 Å². The van der Waals surface area contributed by atoms with E-state index in [0.29, 0.717) is 0 Å². The van der Waals surface area contributed by atoms with Crippen molar-refractivity contribution in [1.29, 1.82) is 0 Å². The molecule has 145 valence electrons. The van der Waals surface area contributed by atoms with Gasteiger partial charge in [0.2, 0.25) is 0 Å². The van der Waals surface area contributed by atoms with Crippen LogP contribution in [0, 0.1) is 107 Å². The van der Waals surface area contributed by atoms with Crippen molar-refractivity contribution in [3.05, 3.63) is 66.6 Å². The quantitative estimate of drug-likeness (QED) is 0.232. The van der Waals surface area contributed by atoms with Gasteiger partial charge in [-0.05, 0) is 59.2 Å². The van der Waals surface area contributed by atoms with Crippen LogP contribution < -0.4 is 0 Å². The molecule has 2 saturated carbocycles. The van der Waals surface area contributed by atoms with Gasteiger partial charge in [0.15, 0.2) is 0 Å². The summed E-state index contributed by atoms with van der Waals surface area (Å²) in [6.07, 6.45) is 0. The Morgan fingerprint density at radius 1 is 0.346 bits per heavy atom. The van der Waals surface area contributed by atoms with Crippen molar-refractivity contribution in [1.82, 2.24) is 0 Å². The van der Waals surface area contributed by atoms with Gasteiger partial charge in [0.05, 0.1) is 0 Å². The normalized spacial score (nSPS) is 23.0. The molecular weight excluding hydrogens is 466 g/mol. The van der Waals surface area contributed by atoms with E-state index in [0.717, 1.165) is 0 Å². The van der Waals surface area contributed by atoms with Gasteiger partial charge in [-0.25, -0.2) is 0 Å². The molecule has 0 bridgehead atoms. The Kier molecular flexibility index (Phi) is 18.5. The molecular formula is C24H42AlSm+2. The second kappa shape index (κ2) is 14.8. The van der Waals surface area contributed by atoms with E-state index in [9.17, 15) is 0 Å². The van der Waals surface area contributed by atoms with Gasteiger partial charge in [0.1, 0.15) is 0 Å². The van der Waals surface area contributed by atoms with Gasteiger partial charge in [-0.3, -0.25) is 0 Å². The molecule has 0 saturated heterocycles. The van der Waals surface area contributed by atoms with Gasteiger partial charge >= 0.3 is 40.4 Å². The zero-order valence-corrected chi connectivity index (χ0v) is 23.8. The van der Waals surface area contributed by atoms with E-state index in [4.69, 9.17) is 0 Å². The van der Waals surface area contributed by atoms with Gasteiger partial charge in [0, 0.05) is 0 Å². The second-order valence-electron chi connectivity index (χ2n) is 7.98. The van der Waals surface area contributed by atoms with E-state index in [2.05, 4.69) is 86.6 Å². The molecule has 2 rings (SSSR count). The van der Waals surface area contributed by atoms with E-state index in [1.165, 1.54) is 59.2 Å². The molecule has 2 aliphatic rings. The Morgan fingerprint density at radius 3 is 0.423 bits per heavy atom. The Labute approximate surface area is 205 Å². The molecule has 2 fully saturated rings. The predicted octanol–water partition coefficient (Wildman–Crippen LogP) is 7.76. The van der Waals surface area contributed by atoms with Crippen LogP contribution in [0.1, 0.15) is 69.2 Å². The van der Waals surface area contributed by atoms with E-state index in [1.807, 2.05) is 0 Å². The zero-order valence-electron chi connectivity index (χ0n) is 20.0. The summed E-state index contributed by atoms with van der Waals surface area (Å²) in [6, 6.07) is 0. The topological polar surface area (TPSA) is 0 Å². The maximum Gasteiger partial charge on any atom is 3.00 e. The van der Waals surface area contributed by atoms with Gasteiger partial charge < -0.3 is 7.43 Å². The van der Waals surface area contributed by atoms with E-state index >= 15 is 0 Å². The minimum atomic E-state index is -0.139. The first-order chi connectivity index (χ1) is 10.8. The summed E-state index contributed by atoms with van der Waals surface area (Å²) in [5.41, 5.74) is 0. The largest absolute Gasteiger partial charge is 3.00 e. The fourth-order valence-corrected chi connectivity index (χ4v) is 2.81. The maximum absolute atomic E-state index is 2.31. The molecule has 0 heterocycles. The van der Waals surface area contributed by atoms with E-state index in [-0.39, 0.29) is 62.0 Å². The summed E-state index contributed by atoms with van der Waals surface area (Å²) in [4.78, 5) is 0. The molecule has 2 aliphatic carbocycles. The average Bonchev–Trinajstić information content (AvgIpc) is 2.78. The Balaban J connectivity index is -0.000000319. The molecule has 0 spiro atoms. The van der Waals surface area contributed by atoms with Crippen LogP contribution in [0.5, 0.6) is 0 Å². The molecule has 2 heteroatoms. The van der Waals surface area contributed by atoms with Crippen molar-refractivity contribution < 1.29 is 40.4 Å². The molecule has 0 atom stereocenters. The third-order valence-corrected chi connectivity index (χ3v) is 5.62. The summed E-state index contributed by atoms with van der Waals surface area (Å²) >= 11 is -0.139. The summed E-state index contributed by atoms with van der Waals surface area (Å²) < 4.78 is 0. The van der Waals surface area contributed by atoms with Crippen LogP contribution in [0.2, 0.25) is 17.4 Å². The molecule has 26 heavy (non-hydrogen) atoms. The first-order valence-electron chi connectivity index (χ1n) is 9.23. The summed E-state index contributed by atoms with van der Waals surface area (Å²) in [5, 5.41) is 0. The fraction of sp³-hybridized carbons (Fsp3) is 0.542. The minimum Gasteiger partial charge on any atom is -0.358 e. The minimum absolute atomic E-state index is 0. The van der Waals surface area contributed by atoms with Crippen LogP contribution in [-0.2, 0) is 0 Å². The average molecular weight is 508 g/mol. The van der Waals surface area contributed by atoms with Crippen LogP contribution in [0.15, 0.2) is 0 Å². The molecule has 0 nitrogen and oxygen atoms in total. The van der Waals surface area contributed by atoms with Gasteiger partial charge in [-0.2, -0.15) is 0 Å². The van der Waals surface area contributed by atoms with Crippen molar-refractivity contribution in [2.24, 2.45) is 0 Å². The predicted molar refractivity (Wildman–Crippen MR) is 119 cm³/mol. The van der Waals surface area contributed by atoms with Crippen LogP contribution in [-0.4, -0.2) is 14.1 Å². The van der Waals surface area contributed by atoms with Gasteiger partial charge in [-0.15, -0.1) is 17.4 Å². The second-order valence-corrected chi connectivity index (χ2v) is 11.4. The molecule has 0 aromatic carbocycles. The standard InChI is InChI=1S/2C10H15.4CH3.Al.Sm/c2*1-6-7(2)9(4)10(5)8(6)3;;;;;;/h2*1-5H3;4*1H3;;/q;;;;;-1;;+3. The first kappa shape index (κ1) is 32.5. The van der Waals surface area contributed by atoms with Gasteiger partial charge in [0.25, 0.3) is 14.1 Å². The van der Waals surface area contributed by atoms with E-state index < -0.39 is 0 Å². The van der Waals surface area contributed by atoms with Crippen molar-refractivity contribution in [3.8, 4) is 0 Å². The van der Waals surface area contributed by atoms with Crippen LogP contribution in [0.3, 0.4) is 0 Å². The van der Waals surface area contributed by atoms with Crippen LogP contribution in [0.4, 0.5) is 0 Å². The Hall–Kier alpha value is 1.87. The third-order valence-electron chi connectivity index (χ3n) is 5.62. The molecule has 0 aromatic heterocycles. The van der Waals surface area contributed by atoms with Crippen LogP contribution >= 0.6 is 0 Å². The number of hydrogen-bond acceptors (Lipinski definition) is 0. The number of hydrogen-bond donors (Lipinski definition) is 0. The monoisotopic (exact) mass is 509 g/mol.